The van der Waals surface area contributed by atoms with Crippen molar-refractivity contribution in [2.45, 2.75) is 42.2 Å². The third-order valence-electron chi connectivity index (χ3n) is 4.29. The molecule has 3 aromatic rings. The largest absolute Gasteiger partial charge is 0.351 e. The second kappa shape index (κ2) is 8.34. The summed E-state index contributed by atoms with van der Waals surface area (Å²) < 4.78 is 25.1. The molecule has 148 valence electrons. The molecule has 28 heavy (non-hydrogen) atoms. The molecular weight excluding hydrogens is 396 g/mol. The van der Waals surface area contributed by atoms with Crippen LogP contribution >= 0.6 is 11.8 Å². The summed E-state index contributed by atoms with van der Waals surface area (Å²) in [6.07, 6.45) is 0. The van der Waals surface area contributed by atoms with Gasteiger partial charge < -0.3 is 9.88 Å². The molecule has 1 aromatic heterocycles. The summed E-state index contributed by atoms with van der Waals surface area (Å²) in [4.78, 5) is 17.0. The predicted octanol–water partition coefficient (Wildman–Crippen LogP) is 2.50. The van der Waals surface area contributed by atoms with Crippen molar-refractivity contribution in [3.8, 4) is 0 Å². The Hall–Kier alpha value is -2.36. The fraction of sp³-hybridized carbons (Fsp3) is 0.263. The number of aryl methyl sites for hydroxylation is 1. The lowest BCUT2D eigenvalue weighted by Gasteiger charge is -2.12. The van der Waals surface area contributed by atoms with Crippen LogP contribution in [0.25, 0.3) is 11.0 Å². The maximum Gasteiger partial charge on any atom is 0.238 e. The van der Waals surface area contributed by atoms with Crippen LogP contribution in [0.15, 0.2) is 58.6 Å². The van der Waals surface area contributed by atoms with Crippen molar-refractivity contribution in [3.63, 3.8) is 0 Å². The van der Waals surface area contributed by atoms with E-state index in [1.54, 1.807) is 6.07 Å². The molecule has 1 heterocycles. The van der Waals surface area contributed by atoms with E-state index in [4.69, 9.17) is 5.14 Å². The zero-order chi connectivity index (χ0) is 20.3. The molecule has 0 spiro atoms. The first-order chi connectivity index (χ1) is 13.3. The van der Waals surface area contributed by atoms with Gasteiger partial charge in [0.25, 0.3) is 0 Å². The van der Waals surface area contributed by atoms with Crippen molar-refractivity contribution in [2.24, 2.45) is 5.14 Å². The van der Waals surface area contributed by atoms with Crippen LogP contribution < -0.4 is 10.5 Å². The average molecular weight is 419 g/mol. The second-order valence-corrected chi connectivity index (χ2v) is 9.17. The number of nitrogens with two attached hydrogens (primary N) is 1. The molecule has 1 atom stereocenters. The number of rotatable bonds is 7. The van der Waals surface area contributed by atoms with Crippen molar-refractivity contribution < 1.29 is 13.2 Å². The Kier molecular flexibility index (Phi) is 6.07. The van der Waals surface area contributed by atoms with Crippen molar-refractivity contribution in [1.29, 1.82) is 0 Å². The van der Waals surface area contributed by atoms with E-state index in [-0.39, 0.29) is 16.1 Å². The number of nitrogens with one attached hydrogen (secondary N) is 1. The number of aromatic nitrogens is 2. The number of benzene rings is 2. The van der Waals surface area contributed by atoms with E-state index in [9.17, 15) is 13.2 Å². The Morgan fingerprint density at radius 3 is 2.61 bits per heavy atom. The molecule has 0 saturated heterocycles. The number of sulfonamides is 1. The quantitative estimate of drug-likeness (QED) is 0.573. The van der Waals surface area contributed by atoms with Crippen LogP contribution in [0.3, 0.4) is 0 Å². The van der Waals surface area contributed by atoms with Gasteiger partial charge in [-0.05, 0) is 37.6 Å². The van der Waals surface area contributed by atoms with E-state index in [2.05, 4.69) is 10.3 Å². The first-order valence-corrected chi connectivity index (χ1v) is 11.2. The summed E-state index contributed by atoms with van der Waals surface area (Å²) in [6.45, 7) is 4.90. The minimum absolute atomic E-state index is 0.0194. The zero-order valence-electron chi connectivity index (χ0n) is 15.6. The summed E-state index contributed by atoms with van der Waals surface area (Å²) in [7, 11) is -3.79. The van der Waals surface area contributed by atoms with Crippen molar-refractivity contribution in [3.05, 3.63) is 54.1 Å². The van der Waals surface area contributed by atoms with Crippen molar-refractivity contribution in [2.75, 3.05) is 0 Å². The van der Waals surface area contributed by atoms with Crippen LogP contribution in [0.4, 0.5) is 0 Å². The zero-order valence-corrected chi connectivity index (χ0v) is 17.3. The molecule has 0 aliphatic heterocycles. The highest BCUT2D eigenvalue weighted by Gasteiger charge is 2.20. The van der Waals surface area contributed by atoms with Crippen LogP contribution in [0.1, 0.15) is 19.4 Å². The maximum atomic E-state index is 12.5. The van der Waals surface area contributed by atoms with Crippen molar-refractivity contribution >= 4 is 38.7 Å². The van der Waals surface area contributed by atoms with E-state index < -0.39 is 10.0 Å². The Morgan fingerprint density at radius 2 is 1.96 bits per heavy atom. The monoisotopic (exact) mass is 418 g/mol. The lowest BCUT2D eigenvalue weighted by molar-refractivity contribution is -0.120. The number of imidazole rings is 1. The molecular formula is C19H22N4O3S2. The lowest BCUT2D eigenvalue weighted by Crippen LogP contribution is -2.30. The van der Waals surface area contributed by atoms with E-state index in [0.29, 0.717) is 23.8 Å². The normalized spacial score (nSPS) is 12.8. The topological polar surface area (TPSA) is 107 Å². The minimum Gasteiger partial charge on any atom is -0.351 e. The molecule has 0 aliphatic rings. The summed E-state index contributed by atoms with van der Waals surface area (Å²) in [5.74, 6) is -0.0891. The summed E-state index contributed by atoms with van der Waals surface area (Å²) in [6, 6.07) is 14.3. The molecule has 1 amide bonds. The molecule has 7 nitrogen and oxygen atoms in total. The molecule has 9 heteroatoms. The SMILES string of the molecule is CCn1c(SC(C)C(=O)NCc2ccccc2)nc2cc(S(N)(=O)=O)ccc21. The first kappa shape index (κ1) is 20.4. The van der Waals surface area contributed by atoms with Crippen LogP contribution in [-0.4, -0.2) is 29.1 Å². The molecule has 0 aliphatic carbocycles. The molecule has 2 aromatic carbocycles. The van der Waals surface area contributed by atoms with Crippen LogP contribution in [0.2, 0.25) is 0 Å². The fourth-order valence-corrected chi connectivity index (χ4v) is 4.35. The highest BCUT2D eigenvalue weighted by atomic mass is 32.2. The van der Waals surface area contributed by atoms with Crippen LogP contribution in [0.5, 0.6) is 0 Å². The Labute approximate surface area is 168 Å². The van der Waals surface area contributed by atoms with Crippen LogP contribution in [0, 0.1) is 0 Å². The van der Waals surface area contributed by atoms with Gasteiger partial charge in [0, 0.05) is 13.1 Å². The van der Waals surface area contributed by atoms with E-state index in [0.717, 1.165) is 11.1 Å². The van der Waals surface area contributed by atoms with Gasteiger partial charge in [-0.3, -0.25) is 4.79 Å². The summed E-state index contributed by atoms with van der Waals surface area (Å²) in [5, 5.41) is 8.43. The number of carbonyl (C=O) groups excluding carboxylic acids is 1. The number of thioether (sulfide) groups is 1. The molecule has 3 N–H and O–H groups in total. The van der Waals surface area contributed by atoms with E-state index >= 15 is 0 Å². The van der Waals surface area contributed by atoms with Gasteiger partial charge in [-0.1, -0.05) is 42.1 Å². The number of primary sulfonamides is 1. The number of carbonyl (C=O) groups is 1. The van der Waals surface area contributed by atoms with Gasteiger partial charge in [-0.25, -0.2) is 18.5 Å². The highest BCUT2D eigenvalue weighted by Crippen LogP contribution is 2.28. The van der Waals surface area contributed by atoms with Crippen LogP contribution in [-0.2, 0) is 27.9 Å². The molecule has 1 unspecified atom stereocenters. The predicted molar refractivity (Wildman–Crippen MR) is 110 cm³/mol. The number of amides is 1. The molecule has 3 rings (SSSR count). The number of fused-ring (bicyclic) bond motifs is 1. The average Bonchev–Trinajstić information content (AvgIpc) is 3.02. The van der Waals surface area contributed by atoms with Gasteiger partial charge in [0.2, 0.25) is 15.9 Å². The number of nitrogens with zero attached hydrogens (tertiary/aromatic N) is 2. The Bertz CT molecular complexity index is 1100. The Morgan fingerprint density at radius 1 is 1.25 bits per heavy atom. The van der Waals surface area contributed by atoms with Gasteiger partial charge in [0.1, 0.15) is 0 Å². The van der Waals surface area contributed by atoms with E-state index in [1.165, 1.54) is 23.9 Å². The highest BCUT2D eigenvalue weighted by molar-refractivity contribution is 8.00. The third-order valence-corrected chi connectivity index (χ3v) is 6.29. The van der Waals surface area contributed by atoms with Gasteiger partial charge in [-0.2, -0.15) is 0 Å². The summed E-state index contributed by atoms with van der Waals surface area (Å²) in [5.41, 5.74) is 2.37. The summed E-state index contributed by atoms with van der Waals surface area (Å²) >= 11 is 1.34. The minimum atomic E-state index is -3.79. The van der Waals surface area contributed by atoms with Crippen molar-refractivity contribution in [1.82, 2.24) is 14.9 Å². The number of hydrogen-bond donors (Lipinski definition) is 2. The molecule has 0 fully saturated rings. The smallest absolute Gasteiger partial charge is 0.238 e. The maximum absolute atomic E-state index is 12.5. The van der Waals surface area contributed by atoms with Gasteiger partial charge >= 0.3 is 0 Å². The molecule has 0 radical (unpaired) electrons. The van der Waals surface area contributed by atoms with Gasteiger partial charge in [-0.15, -0.1) is 0 Å². The number of hydrogen-bond acceptors (Lipinski definition) is 5. The lowest BCUT2D eigenvalue weighted by atomic mass is 10.2. The Balaban J connectivity index is 1.77. The molecule has 0 saturated carbocycles. The first-order valence-electron chi connectivity index (χ1n) is 8.81. The standard InChI is InChI=1S/C19H22N4O3S2/c1-3-23-17-10-9-15(28(20,25)26)11-16(17)22-19(23)27-13(2)18(24)21-12-14-7-5-4-6-8-14/h4-11,13H,3,12H2,1-2H3,(H,21,24)(H2,20,25,26). The van der Waals surface area contributed by atoms with Gasteiger partial charge in [0.05, 0.1) is 21.2 Å². The fourth-order valence-electron chi connectivity index (χ4n) is 2.80. The molecule has 0 bridgehead atoms. The van der Waals surface area contributed by atoms with E-state index in [1.807, 2.05) is 48.7 Å². The third kappa shape index (κ3) is 4.54. The second-order valence-electron chi connectivity index (χ2n) is 6.30. The van der Waals surface area contributed by atoms with Gasteiger partial charge in [0.15, 0.2) is 5.16 Å².